The second-order valence-electron chi connectivity index (χ2n) is 4.18. The van der Waals surface area contributed by atoms with Crippen molar-refractivity contribution in [2.75, 3.05) is 0 Å². The summed E-state index contributed by atoms with van der Waals surface area (Å²) in [6.07, 6.45) is -0.611. The molecule has 0 aliphatic rings. The van der Waals surface area contributed by atoms with Gasteiger partial charge >= 0.3 is 5.97 Å². The Labute approximate surface area is 117 Å². The lowest BCUT2D eigenvalue weighted by molar-refractivity contribution is -0.143. The summed E-state index contributed by atoms with van der Waals surface area (Å²) in [5, 5.41) is 20.2. The smallest absolute Gasteiger partial charge is 0.326 e. The first-order valence-corrected chi connectivity index (χ1v) is 6.18. The van der Waals surface area contributed by atoms with Gasteiger partial charge in [0.1, 0.15) is 17.9 Å². The number of hydrogen-bond acceptors (Lipinski definition) is 4. The lowest BCUT2D eigenvalue weighted by Gasteiger charge is -2.18. The molecule has 1 aromatic carbocycles. The van der Waals surface area contributed by atoms with E-state index in [0.29, 0.717) is 11.3 Å². The molecule has 0 spiro atoms. The van der Waals surface area contributed by atoms with E-state index in [1.165, 1.54) is 6.92 Å². The quantitative estimate of drug-likeness (QED) is 0.816. The van der Waals surface area contributed by atoms with E-state index < -0.39 is 24.0 Å². The van der Waals surface area contributed by atoms with Gasteiger partial charge in [-0.3, -0.25) is 4.79 Å². The van der Waals surface area contributed by atoms with Gasteiger partial charge in [0, 0.05) is 0 Å². The zero-order chi connectivity index (χ0) is 15.1. The number of aliphatic carboxylic acids is 1. The minimum atomic E-state index is -1.09. The van der Waals surface area contributed by atoms with Crippen molar-refractivity contribution < 1.29 is 19.4 Å². The first kappa shape index (κ1) is 15.5. The van der Waals surface area contributed by atoms with Crippen molar-refractivity contribution >= 4 is 11.9 Å². The third-order valence-electron chi connectivity index (χ3n) is 2.70. The summed E-state index contributed by atoms with van der Waals surface area (Å²) in [4.78, 5) is 22.7. The average Bonchev–Trinajstić information content (AvgIpc) is 2.44. The van der Waals surface area contributed by atoms with Crippen molar-refractivity contribution in [2.24, 2.45) is 0 Å². The van der Waals surface area contributed by atoms with E-state index in [9.17, 15) is 9.59 Å². The van der Waals surface area contributed by atoms with Crippen LogP contribution < -0.4 is 10.1 Å². The molecule has 20 heavy (non-hydrogen) atoms. The zero-order valence-corrected chi connectivity index (χ0v) is 11.3. The van der Waals surface area contributed by atoms with Gasteiger partial charge in [0.05, 0.1) is 5.56 Å². The molecule has 0 saturated heterocycles. The van der Waals surface area contributed by atoms with Crippen LogP contribution in [0.1, 0.15) is 25.8 Å². The molecular weight excluding hydrogens is 260 g/mol. The lowest BCUT2D eigenvalue weighted by Crippen LogP contribution is -2.45. The SMILES string of the molecule is CC[C@@H](NC(=O)C(C)Oc1ccccc1C#N)C(=O)O. The number of rotatable bonds is 6. The minimum absolute atomic E-state index is 0.280. The molecule has 0 aliphatic heterocycles. The maximum absolute atomic E-state index is 11.8. The fraction of sp³-hybridized carbons (Fsp3) is 0.357. The summed E-state index contributed by atoms with van der Waals surface area (Å²) in [6.45, 7) is 3.16. The van der Waals surface area contributed by atoms with Crippen LogP contribution in [0.2, 0.25) is 0 Å². The van der Waals surface area contributed by atoms with E-state index >= 15 is 0 Å². The summed E-state index contributed by atoms with van der Waals surface area (Å²) >= 11 is 0. The molecule has 2 N–H and O–H groups in total. The highest BCUT2D eigenvalue weighted by Gasteiger charge is 2.22. The molecule has 106 valence electrons. The van der Waals surface area contributed by atoms with Crippen LogP contribution in [-0.2, 0) is 9.59 Å². The van der Waals surface area contributed by atoms with E-state index in [2.05, 4.69) is 5.32 Å². The largest absolute Gasteiger partial charge is 0.480 e. The lowest BCUT2D eigenvalue weighted by atomic mass is 10.2. The van der Waals surface area contributed by atoms with E-state index in [1.54, 1.807) is 31.2 Å². The molecule has 1 rings (SSSR count). The second-order valence-corrected chi connectivity index (χ2v) is 4.18. The van der Waals surface area contributed by atoms with E-state index in [4.69, 9.17) is 15.1 Å². The Balaban J connectivity index is 2.71. The molecule has 0 aromatic heterocycles. The van der Waals surface area contributed by atoms with E-state index in [-0.39, 0.29) is 6.42 Å². The first-order valence-electron chi connectivity index (χ1n) is 6.18. The molecule has 0 bridgehead atoms. The molecule has 6 nitrogen and oxygen atoms in total. The number of benzene rings is 1. The molecular formula is C14H16N2O4. The molecule has 0 radical (unpaired) electrons. The van der Waals surface area contributed by atoms with Crippen molar-refractivity contribution in [2.45, 2.75) is 32.4 Å². The van der Waals surface area contributed by atoms with Gasteiger partial charge < -0.3 is 15.2 Å². The molecule has 0 fully saturated rings. The monoisotopic (exact) mass is 276 g/mol. The van der Waals surface area contributed by atoms with Gasteiger partial charge in [-0.25, -0.2) is 4.79 Å². The molecule has 1 amide bonds. The Morgan fingerprint density at radius 3 is 2.65 bits per heavy atom. The number of carboxylic acids is 1. The van der Waals surface area contributed by atoms with Crippen LogP contribution in [0, 0.1) is 11.3 Å². The van der Waals surface area contributed by atoms with Gasteiger partial charge in [-0.15, -0.1) is 0 Å². The van der Waals surface area contributed by atoms with Crippen molar-refractivity contribution in [3.05, 3.63) is 29.8 Å². The van der Waals surface area contributed by atoms with Crippen LogP contribution in [0.3, 0.4) is 0 Å². The van der Waals surface area contributed by atoms with E-state index in [0.717, 1.165) is 0 Å². The number of amides is 1. The summed E-state index contributed by atoms with van der Waals surface area (Å²) < 4.78 is 5.40. The highest BCUT2D eigenvalue weighted by Crippen LogP contribution is 2.18. The van der Waals surface area contributed by atoms with Crippen molar-refractivity contribution in [1.82, 2.24) is 5.32 Å². The highest BCUT2D eigenvalue weighted by atomic mass is 16.5. The summed E-state index contributed by atoms with van der Waals surface area (Å²) in [6, 6.07) is 7.55. The average molecular weight is 276 g/mol. The number of hydrogen-bond donors (Lipinski definition) is 2. The summed E-state index contributed by atoms with van der Waals surface area (Å²) in [7, 11) is 0. The van der Waals surface area contributed by atoms with Crippen LogP contribution in [0.15, 0.2) is 24.3 Å². The van der Waals surface area contributed by atoms with Crippen molar-refractivity contribution in [3.63, 3.8) is 0 Å². The van der Waals surface area contributed by atoms with Gasteiger partial charge in [0.2, 0.25) is 0 Å². The highest BCUT2D eigenvalue weighted by molar-refractivity contribution is 5.86. The Hall–Kier alpha value is -2.55. The Morgan fingerprint density at radius 2 is 2.10 bits per heavy atom. The summed E-state index contributed by atoms with van der Waals surface area (Å²) in [5.74, 6) is -1.33. The molecule has 6 heteroatoms. The normalized spacial score (nSPS) is 12.8. The first-order chi connectivity index (χ1) is 9.49. The molecule has 0 heterocycles. The molecule has 0 aliphatic carbocycles. The number of nitrogens with one attached hydrogen (secondary N) is 1. The molecule has 1 unspecified atom stereocenters. The maximum Gasteiger partial charge on any atom is 0.326 e. The maximum atomic E-state index is 11.8. The number of para-hydroxylation sites is 1. The number of carbonyl (C=O) groups is 2. The Morgan fingerprint density at radius 1 is 1.45 bits per heavy atom. The fourth-order valence-corrected chi connectivity index (χ4v) is 1.53. The summed E-state index contributed by atoms with van der Waals surface area (Å²) in [5.41, 5.74) is 0.317. The number of carboxylic acid groups (broad SMARTS) is 1. The molecule has 2 atom stereocenters. The van der Waals surface area contributed by atoms with Crippen molar-refractivity contribution in [3.8, 4) is 11.8 Å². The van der Waals surface area contributed by atoms with Crippen LogP contribution in [-0.4, -0.2) is 29.1 Å². The van der Waals surface area contributed by atoms with Gasteiger partial charge in [-0.05, 0) is 25.5 Å². The van der Waals surface area contributed by atoms with E-state index in [1.807, 2.05) is 6.07 Å². The second kappa shape index (κ2) is 7.14. The predicted molar refractivity (Wildman–Crippen MR) is 71.1 cm³/mol. The number of carbonyl (C=O) groups excluding carboxylic acids is 1. The van der Waals surface area contributed by atoms with Crippen LogP contribution in [0.25, 0.3) is 0 Å². The molecule has 1 aromatic rings. The van der Waals surface area contributed by atoms with Crippen LogP contribution in [0.5, 0.6) is 5.75 Å². The Kier molecular flexibility index (Phi) is 5.54. The van der Waals surface area contributed by atoms with Crippen molar-refractivity contribution in [1.29, 1.82) is 5.26 Å². The molecule has 0 saturated carbocycles. The topological polar surface area (TPSA) is 99.4 Å². The van der Waals surface area contributed by atoms with Gasteiger partial charge in [0.15, 0.2) is 6.10 Å². The fourth-order valence-electron chi connectivity index (χ4n) is 1.53. The van der Waals surface area contributed by atoms with Gasteiger partial charge in [-0.2, -0.15) is 5.26 Å². The van der Waals surface area contributed by atoms with Gasteiger partial charge in [0.25, 0.3) is 5.91 Å². The number of nitrogens with zero attached hydrogens (tertiary/aromatic N) is 1. The van der Waals surface area contributed by atoms with Crippen LogP contribution >= 0.6 is 0 Å². The number of nitriles is 1. The standard InChI is InChI=1S/C14H16N2O4/c1-3-11(14(18)19)16-13(17)9(2)20-12-7-5-4-6-10(12)8-15/h4-7,9,11H,3H2,1-2H3,(H,16,17)(H,18,19)/t9?,11-/m1/s1. The Bertz CT molecular complexity index is 536. The third-order valence-corrected chi connectivity index (χ3v) is 2.70. The number of ether oxygens (including phenoxy) is 1. The van der Waals surface area contributed by atoms with Gasteiger partial charge in [-0.1, -0.05) is 19.1 Å². The predicted octanol–water partition coefficient (Wildman–Crippen LogP) is 1.30. The zero-order valence-electron chi connectivity index (χ0n) is 11.3. The third kappa shape index (κ3) is 3.99. The minimum Gasteiger partial charge on any atom is -0.480 e. The van der Waals surface area contributed by atoms with Crippen LogP contribution in [0.4, 0.5) is 0 Å².